The maximum atomic E-state index is 6.16. The molecule has 2 radical (unpaired) electrons. The highest BCUT2D eigenvalue weighted by Crippen LogP contribution is 2.37. The van der Waals surface area contributed by atoms with Crippen LogP contribution in [0.1, 0.15) is 12.8 Å². The highest BCUT2D eigenvalue weighted by atomic mass is 32.2. The van der Waals surface area contributed by atoms with Gasteiger partial charge in [-0.2, -0.15) is 0 Å². The summed E-state index contributed by atoms with van der Waals surface area (Å²) in [5.41, 5.74) is 7.79. The standard InChI is InChI=1S/C17H14BN5O2S/c1-2-3-4-5-23-16-14(15(19)20-8-21-16)22-17(23)26-13-7-12-11(6-10(13)18)24-9-25-12/h1,6-8H,3-5,9H2,(H2,19,20,21). The number of terminal acetylenes is 1. The van der Waals surface area contributed by atoms with Gasteiger partial charge in [-0.05, 0) is 18.6 Å². The Balaban J connectivity index is 1.75. The number of anilines is 1. The summed E-state index contributed by atoms with van der Waals surface area (Å²) in [6.45, 7) is 0.865. The van der Waals surface area contributed by atoms with Gasteiger partial charge in [0.1, 0.15) is 14.2 Å². The van der Waals surface area contributed by atoms with Gasteiger partial charge < -0.3 is 19.8 Å². The average Bonchev–Trinajstić information content (AvgIpc) is 3.21. The van der Waals surface area contributed by atoms with Gasteiger partial charge in [-0.25, -0.2) is 15.0 Å². The molecule has 128 valence electrons. The molecule has 1 aromatic carbocycles. The Kier molecular flexibility index (Phi) is 4.35. The van der Waals surface area contributed by atoms with E-state index in [9.17, 15) is 0 Å². The fourth-order valence-electron chi connectivity index (χ4n) is 2.68. The van der Waals surface area contributed by atoms with Crippen molar-refractivity contribution in [1.82, 2.24) is 19.5 Å². The van der Waals surface area contributed by atoms with Crippen LogP contribution in [-0.2, 0) is 6.54 Å². The molecule has 0 spiro atoms. The van der Waals surface area contributed by atoms with E-state index in [1.807, 2.05) is 10.6 Å². The van der Waals surface area contributed by atoms with Crippen molar-refractivity contribution in [2.45, 2.75) is 29.4 Å². The van der Waals surface area contributed by atoms with Crippen LogP contribution in [0.4, 0.5) is 5.82 Å². The first-order chi connectivity index (χ1) is 12.7. The minimum Gasteiger partial charge on any atom is -0.454 e. The Hall–Kier alpha value is -2.86. The van der Waals surface area contributed by atoms with E-state index in [1.54, 1.807) is 6.07 Å². The molecule has 4 rings (SSSR count). The van der Waals surface area contributed by atoms with Crippen LogP contribution in [0.5, 0.6) is 11.5 Å². The normalized spacial score (nSPS) is 12.4. The number of imidazole rings is 1. The number of unbranched alkanes of at least 4 members (excludes halogenated alkanes) is 1. The number of nitrogens with zero attached hydrogens (tertiary/aromatic N) is 4. The number of hydrogen-bond acceptors (Lipinski definition) is 7. The van der Waals surface area contributed by atoms with E-state index in [0.717, 1.165) is 16.5 Å². The highest BCUT2D eigenvalue weighted by Gasteiger charge is 2.19. The summed E-state index contributed by atoms with van der Waals surface area (Å²) < 4.78 is 12.8. The molecule has 0 aliphatic carbocycles. The van der Waals surface area contributed by atoms with E-state index in [-0.39, 0.29) is 6.79 Å². The van der Waals surface area contributed by atoms with Gasteiger partial charge in [0, 0.05) is 17.9 Å². The first kappa shape index (κ1) is 16.6. The van der Waals surface area contributed by atoms with Crippen molar-refractivity contribution in [2.75, 3.05) is 12.5 Å². The summed E-state index contributed by atoms with van der Waals surface area (Å²) in [5.74, 6) is 4.29. The number of nitrogen functional groups attached to an aromatic ring is 1. The monoisotopic (exact) mass is 363 g/mol. The minimum absolute atomic E-state index is 0.194. The molecule has 0 bridgehead atoms. The number of ether oxygens (including phenoxy) is 2. The average molecular weight is 363 g/mol. The van der Waals surface area contributed by atoms with Crippen molar-refractivity contribution in [3.8, 4) is 23.8 Å². The van der Waals surface area contributed by atoms with Crippen molar-refractivity contribution in [1.29, 1.82) is 0 Å². The van der Waals surface area contributed by atoms with Crippen LogP contribution in [0.15, 0.2) is 28.5 Å². The SMILES string of the molecule is [B]c1cc2c(cc1Sc1nc3c(N)ncnc3n1CCCC#C)OCO2. The predicted molar refractivity (Wildman–Crippen MR) is 99.9 cm³/mol. The van der Waals surface area contributed by atoms with Crippen molar-refractivity contribution >= 4 is 42.1 Å². The van der Waals surface area contributed by atoms with Crippen molar-refractivity contribution in [3.05, 3.63) is 18.5 Å². The molecule has 0 atom stereocenters. The van der Waals surface area contributed by atoms with E-state index in [0.29, 0.717) is 46.9 Å². The van der Waals surface area contributed by atoms with Crippen LogP contribution in [0.2, 0.25) is 0 Å². The molecular weight excluding hydrogens is 349 g/mol. The lowest BCUT2D eigenvalue weighted by atomic mass is 9.96. The lowest BCUT2D eigenvalue weighted by molar-refractivity contribution is 0.174. The molecule has 1 aliphatic rings. The number of benzene rings is 1. The zero-order valence-electron chi connectivity index (χ0n) is 13.8. The van der Waals surface area contributed by atoms with E-state index >= 15 is 0 Å². The van der Waals surface area contributed by atoms with Gasteiger partial charge in [-0.1, -0.05) is 17.2 Å². The summed E-state index contributed by atoms with van der Waals surface area (Å²) >= 11 is 1.42. The summed E-state index contributed by atoms with van der Waals surface area (Å²) in [7, 11) is 6.16. The van der Waals surface area contributed by atoms with Gasteiger partial charge in [0.15, 0.2) is 33.6 Å². The molecule has 9 heteroatoms. The second kappa shape index (κ2) is 6.80. The predicted octanol–water partition coefficient (Wildman–Crippen LogP) is 1.50. The first-order valence-corrected chi connectivity index (χ1v) is 8.76. The minimum atomic E-state index is 0.194. The molecule has 0 amide bonds. The van der Waals surface area contributed by atoms with Crippen LogP contribution in [0.3, 0.4) is 0 Å². The first-order valence-electron chi connectivity index (χ1n) is 7.94. The number of fused-ring (bicyclic) bond motifs is 2. The number of hydrogen-bond donors (Lipinski definition) is 1. The molecular formula is C17H14BN5O2S. The zero-order valence-corrected chi connectivity index (χ0v) is 14.6. The van der Waals surface area contributed by atoms with E-state index in [1.165, 1.54) is 18.1 Å². The van der Waals surface area contributed by atoms with Gasteiger partial charge in [0.25, 0.3) is 0 Å². The second-order valence-corrected chi connectivity index (χ2v) is 6.64. The van der Waals surface area contributed by atoms with Gasteiger partial charge in [0.05, 0.1) is 0 Å². The Labute approximate surface area is 155 Å². The molecule has 3 heterocycles. The molecule has 0 fully saturated rings. The van der Waals surface area contributed by atoms with Gasteiger partial charge >= 0.3 is 0 Å². The van der Waals surface area contributed by atoms with Crippen LogP contribution in [0.25, 0.3) is 11.2 Å². The maximum absolute atomic E-state index is 6.16. The van der Waals surface area contributed by atoms with Gasteiger partial charge in [0.2, 0.25) is 6.79 Å². The third kappa shape index (κ3) is 2.93. The second-order valence-electron chi connectivity index (χ2n) is 5.63. The molecule has 0 saturated heterocycles. The Bertz CT molecular complexity index is 1030. The van der Waals surface area contributed by atoms with Gasteiger partial charge in [-0.3, -0.25) is 0 Å². The number of aromatic nitrogens is 4. The maximum Gasteiger partial charge on any atom is 0.231 e. The number of nitrogens with two attached hydrogens (primary N) is 1. The Morgan fingerprint density at radius 3 is 2.92 bits per heavy atom. The summed E-state index contributed by atoms with van der Waals surface area (Å²) in [6.07, 6.45) is 8.27. The van der Waals surface area contributed by atoms with Gasteiger partial charge in [-0.15, -0.1) is 12.3 Å². The zero-order chi connectivity index (χ0) is 18.1. The van der Waals surface area contributed by atoms with E-state index in [4.69, 9.17) is 29.5 Å². The van der Waals surface area contributed by atoms with Crippen LogP contribution in [0, 0.1) is 12.3 Å². The van der Waals surface area contributed by atoms with Crippen molar-refractivity contribution in [2.24, 2.45) is 0 Å². The molecule has 0 unspecified atom stereocenters. The van der Waals surface area contributed by atoms with Crippen molar-refractivity contribution < 1.29 is 9.47 Å². The fraction of sp³-hybridized carbons (Fsp3) is 0.235. The number of aryl methyl sites for hydroxylation is 1. The highest BCUT2D eigenvalue weighted by molar-refractivity contribution is 7.99. The van der Waals surface area contributed by atoms with Crippen LogP contribution >= 0.6 is 11.8 Å². The Morgan fingerprint density at radius 2 is 2.12 bits per heavy atom. The third-order valence-corrected chi connectivity index (χ3v) is 5.00. The van der Waals surface area contributed by atoms with E-state index in [2.05, 4.69) is 20.9 Å². The largest absolute Gasteiger partial charge is 0.454 e. The number of rotatable bonds is 5. The lowest BCUT2D eigenvalue weighted by Gasteiger charge is -2.10. The molecule has 1 aliphatic heterocycles. The molecule has 0 saturated carbocycles. The van der Waals surface area contributed by atoms with Crippen LogP contribution < -0.4 is 20.7 Å². The molecule has 7 nitrogen and oxygen atoms in total. The van der Waals surface area contributed by atoms with Crippen LogP contribution in [-0.4, -0.2) is 34.2 Å². The summed E-state index contributed by atoms with van der Waals surface area (Å²) in [6, 6.07) is 3.60. The summed E-state index contributed by atoms with van der Waals surface area (Å²) in [5, 5.41) is 0.717. The fourth-order valence-corrected chi connectivity index (χ4v) is 3.64. The van der Waals surface area contributed by atoms with Crippen molar-refractivity contribution in [3.63, 3.8) is 0 Å². The topological polar surface area (TPSA) is 88.1 Å². The molecule has 26 heavy (non-hydrogen) atoms. The smallest absolute Gasteiger partial charge is 0.231 e. The third-order valence-electron chi connectivity index (χ3n) is 3.93. The molecule has 3 aromatic rings. The molecule has 2 N–H and O–H groups in total. The molecule has 2 aromatic heterocycles. The quantitative estimate of drug-likeness (QED) is 0.417. The summed E-state index contributed by atoms with van der Waals surface area (Å²) in [4.78, 5) is 13.8. The lowest BCUT2D eigenvalue weighted by Crippen LogP contribution is -2.07. The van der Waals surface area contributed by atoms with E-state index < -0.39 is 0 Å². The Morgan fingerprint density at radius 1 is 1.31 bits per heavy atom.